The summed E-state index contributed by atoms with van der Waals surface area (Å²) < 4.78 is 16.1. The van der Waals surface area contributed by atoms with E-state index in [9.17, 15) is 9.59 Å². The summed E-state index contributed by atoms with van der Waals surface area (Å²) in [7, 11) is 0. The zero-order chi connectivity index (χ0) is 22.2. The second-order valence-corrected chi connectivity index (χ2v) is 7.14. The highest BCUT2D eigenvalue weighted by Crippen LogP contribution is 2.19. The molecule has 2 aromatic carbocycles. The molecule has 1 heterocycles. The number of benzene rings is 2. The third-order valence-corrected chi connectivity index (χ3v) is 4.77. The van der Waals surface area contributed by atoms with E-state index < -0.39 is 0 Å². The molecule has 0 saturated heterocycles. The highest BCUT2D eigenvalue weighted by Gasteiger charge is 2.12. The van der Waals surface area contributed by atoms with Gasteiger partial charge in [0.2, 0.25) is 0 Å². The Morgan fingerprint density at radius 1 is 1.06 bits per heavy atom. The maximum absolute atomic E-state index is 12.6. The lowest BCUT2D eigenvalue weighted by atomic mass is 10.1. The summed E-state index contributed by atoms with van der Waals surface area (Å²) in [4.78, 5) is 24.6. The van der Waals surface area contributed by atoms with Gasteiger partial charge in [0.15, 0.2) is 0 Å². The summed E-state index contributed by atoms with van der Waals surface area (Å²) in [5.41, 5.74) is 3.16. The maximum Gasteiger partial charge on any atom is 0.338 e. The molecule has 0 aliphatic heterocycles. The lowest BCUT2D eigenvalue weighted by molar-refractivity contribution is 0.0499. The summed E-state index contributed by atoms with van der Waals surface area (Å²) in [6.45, 7) is 6.43. The van der Waals surface area contributed by atoms with Gasteiger partial charge in [-0.15, -0.1) is 0 Å². The summed E-state index contributed by atoms with van der Waals surface area (Å²) >= 11 is 0. The first-order chi connectivity index (χ1) is 15.0. The van der Waals surface area contributed by atoms with E-state index in [1.807, 2.05) is 20.8 Å². The molecule has 1 aromatic heterocycles. The number of rotatable bonds is 9. The topological polar surface area (TPSA) is 90.7 Å². The monoisotopic (exact) mass is 422 g/mol. The van der Waals surface area contributed by atoms with Crippen molar-refractivity contribution in [3.8, 4) is 5.75 Å². The van der Waals surface area contributed by atoms with Crippen molar-refractivity contribution in [2.75, 3.05) is 11.9 Å². The number of aryl methyl sites for hydroxylation is 2. The van der Waals surface area contributed by atoms with Gasteiger partial charge in [-0.2, -0.15) is 0 Å². The molecule has 0 atom stereocenters. The Bertz CT molecular complexity index is 1020. The summed E-state index contributed by atoms with van der Waals surface area (Å²) in [6.07, 6.45) is 1.80. The van der Waals surface area contributed by atoms with Gasteiger partial charge < -0.3 is 19.3 Å². The van der Waals surface area contributed by atoms with Gasteiger partial charge in [-0.25, -0.2) is 4.79 Å². The third-order valence-electron chi connectivity index (χ3n) is 4.77. The molecular weight excluding hydrogens is 396 g/mol. The number of unbranched alkanes of at least 4 members (excludes halogenated alkanes) is 1. The van der Waals surface area contributed by atoms with E-state index in [-0.39, 0.29) is 11.9 Å². The van der Waals surface area contributed by atoms with Gasteiger partial charge in [-0.3, -0.25) is 4.79 Å². The van der Waals surface area contributed by atoms with Crippen LogP contribution < -0.4 is 10.1 Å². The molecule has 3 rings (SSSR count). The number of ether oxygens (including phenoxy) is 2. The van der Waals surface area contributed by atoms with Crippen LogP contribution in [-0.4, -0.2) is 23.6 Å². The van der Waals surface area contributed by atoms with Crippen LogP contribution in [0.2, 0.25) is 0 Å². The predicted octanol–water partition coefficient (Wildman–Crippen LogP) is 5.08. The number of esters is 1. The van der Waals surface area contributed by atoms with Crippen molar-refractivity contribution in [3.05, 3.63) is 76.7 Å². The first kappa shape index (κ1) is 22.1. The molecule has 1 amide bonds. The Morgan fingerprint density at radius 3 is 2.52 bits per heavy atom. The van der Waals surface area contributed by atoms with Gasteiger partial charge in [0.05, 0.1) is 23.4 Å². The quantitative estimate of drug-likeness (QED) is 0.382. The van der Waals surface area contributed by atoms with E-state index in [0.29, 0.717) is 41.5 Å². The number of carbonyl (C=O) groups is 2. The van der Waals surface area contributed by atoms with Crippen LogP contribution in [0.25, 0.3) is 0 Å². The van der Waals surface area contributed by atoms with Crippen LogP contribution in [-0.2, 0) is 11.3 Å². The molecule has 0 unspecified atom stereocenters. The van der Waals surface area contributed by atoms with Crippen LogP contribution in [0.4, 0.5) is 5.69 Å². The van der Waals surface area contributed by atoms with Gasteiger partial charge >= 0.3 is 5.97 Å². The Morgan fingerprint density at radius 2 is 1.84 bits per heavy atom. The predicted molar refractivity (Wildman–Crippen MR) is 116 cm³/mol. The highest BCUT2D eigenvalue weighted by atomic mass is 16.5. The molecule has 0 saturated carbocycles. The molecule has 0 bridgehead atoms. The largest absolute Gasteiger partial charge is 0.489 e. The van der Waals surface area contributed by atoms with E-state index >= 15 is 0 Å². The average molecular weight is 422 g/mol. The molecule has 0 fully saturated rings. The van der Waals surface area contributed by atoms with Gasteiger partial charge in [-0.05, 0) is 62.7 Å². The van der Waals surface area contributed by atoms with Crippen molar-refractivity contribution in [2.24, 2.45) is 0 Å². The molecule has 31 heavy (non-hydrogen) atoms. The minimum Gasteiger partial charge on any atom is -0.489 e. The van der Waals surface area contributed by atoms with Gasteiger partial charge in [0.25, 0.3) is 5.91 Å². The fourth-order valence-corrected chi connectivity index (χ4v) is 2.88. The van der Waals surface area contributed by atoms with Crippen LogP contribution in [0.15, 0.2) is 53.1 Å². The number of nitrogens with one attached hydrogen (secondary N) is 1. The second-order valence-electron chi connectivity index (χ2n) is 7.14. The van der Waals surface area contributed by atoms with Gasteiger partial charge in [0, 0.05) is 11.3 Å². The highest BCUT2D eigenvalue weighted by molar-refractivity contribution is 6.04. The molecule has 0 radical (unpaired) electrons. The summed E-state index contributed by atoms with van der Waals surface area (Å²) in [5, 5.41) is 6.73. The van der Waals surface area contributed by atoms with Crippen LogP contribution in [0, 0.1) is 13.8 Å². The third kappa shape index (κ3) is 5.94. The zero-order valence-corrected chi connectivity index (χ0v) is 17.9. The number of nitrogens with zero attached hydrogens (tertiary/aromatic N) is 1. The van der Waals surface area contributed by atoms with Crippen LogP contribution >= 0.6 is 0 Å². The number of carbonyl (C=O) groups excluding carboxylic acids is 2. The maximum atomic E-state index is 12.6. The van der Waals surface area contributed by atoms with Gasteiger partial charge in [-0.1, -0.05) is 24.6 Å². The number of hydrogen-bond acceptors (Lipinski definition) is 6. The Balaban J connectivity index is 1.59. The number of aromatic nitrogens is 1. The van der Waals surface area contributed by atoms with E-state index in [0.717, 1.165) is 24.1 Å². The molecule has 7 heteroatoms. The van der Waals surface area contributed by atoms with E-state index in [4.69, 9.17) is 14.0 Å². The van der Waals surface area contributed by atoms with E-state index in [1.165, 1.54) is 0 Å². The second kappa shape index (κ2) is 10.4. The number of amides is 1. The Labute approximate surface area is 181 Å². The number of anilines is 1. The smallest absolute Gasteiger partial charge is 0.338 e. The first-order valence-corrected chi connectivity index (χ1v) is 10.2. The van der Waals surface area contributed by atoms with Crippen molar-refractivity contribution >= 4 is 17.6 Å². The first-order valence-electron chi connectivity index (χ1n) is 10.2. The van der Waals surface area contributed by atoms with E-state index in [2.05, 4.69) is 10.5 Å². The normalized spacial score (nSPS) is 10.5. The molecule has 0 aliphatic carbocycles. The van der Waals surface area contributed by atoms with Crippen LogP contribution in [0.5, 0.6) is 5.75 Å². The SMILES string of the molecule is CCCCOC(=O)c1ccc(NC(=O)c2cccc(OCc3c(C)noc3C)c2)cc1. The molecule has 3 aromatic rings. The minimum atomic E-state index is -0.366. The summed E-state index contributed by atoms with van der Waals surface area (Å²) in [6, 6.07) is 13.5. The molecule has 1 N–H and O–H groups in total. The standard InChI is InChI=1S/C24H26N2O5/c1-4-5-13-29-24(28)18-9-11-20(12-10-18)25-23(27)19-7-6-8-21(14-19)30-15-22-16(2)26-31-17(22)3/h6-12,14H,4-5,13,15H2,1-3H3,(H,25,27). The molecule has 0 aliphatic rings. The van der Waals surface area contributed by atoms with Crippen molar-refractivity contribution < 1.29 is 23.6 Å². The van der Waals surface area contributed by atoms with E-state index in [1.54, 1.807) is 48.5 Å². The van der Waals surface area contributed by atoms with Crippen LogP contribution in [0.1, 0.15) is 57.5 Å². The van der Waals surface area contributed by atoms with Gasteiger partial charge in [0.1, 0.15) is 18.1 Å². The fraction of sp³-hybridized carbons (Fsp3) is 0.292. The molecule has 162 valence electrons. The Kier molecular flexibility index (Phi) is 7.43. The molecule has 7 nitrogen and oxygen atoms in total. The zero-order valence-electron chi connectivity index (χ0n) is 17.9. The van der Waals surface area contributed by atoms with Crippen molar-refractivity contribution in [3.63, 3.8) is 0 Å². The molecular formula is C24H26N2O5. The van der Waals surface area contributed by atoms with Crippen molar-refractivity contribution in [1.29, 1.82) is 0 Å². The minimum absolute atomic E-state index is 0.277. The summed E-state index contributed by atoms with van der Waals surface area (Å²) in [5.74, 6) is 0.637. The van der Waals surface area contributed by atoms with Crippen molar-refractivity contribution in [1.82, 2.24) is 5.16 Å². The lowest BCUT2D eigenvalue weighted by Gasteiger charge is -2.09. The number of hydrogen-bond donors (Lipinski definition) is 1. The lowest BCUT2D eigenvalue weighted by Crippen LogP contribution is -2.12. The van der Waals surface area contributed by atoms with Crippen LogP contribution in [0.3, 0.4) is 0 Å². The van der Waals surface area contributed by atoms with Crippen molar-refractivity contribution in [2.45, 2.75) is 40.2 Å². The Hall–Kier alpha value is -3.61. The fourth-order valence-electron chi connectivity index (χ4n) is 2.88. The molecule has 0 spiro atoms. The average Bonchev–Trinajstić information content (AvgIpc) is 3.10.